The first-order chi connectivity index (χ1) is 8.45. The summed E-state index contributed by atoms with van der Waals surface area (Å²) in [6.07, 6.45) is 1.29. The van der Waals surface area contributed by atoms with Gasteiger partial charge in [-0.05, 0) is 24.7 Å². The lowest BCUT2D eigenvalue weighted by molar-refractivity contribution is -0.144. The van der Waals surface area contributed by atoms with Gasteiger partial charge < -0.3 is 5.32 Å². The Morgan fingerprint density at radius 2 is 2.00 bits per heavy atom. The molecule has 1 heterocycles. The van der Waals surface area contributed by atoms with Gasteiger partial charge in [0.05, 0.1) is 0 Å². The zero-order valence-electron chi connectivity index (χ0n) is 10.2. The third-order valence-electron chi connectivity index (χ3n) is 3.71. The Kier molecular flexibility index (Phi) is 3.79. The Balaban J connectivity index is 1.96. The maximum Gasteiger partial charge on any atom is 0.452 e. The molecular formula is C11H16F3N3S. The quantitative estimate of drug-likeness (QED) is 0.907. The maximum absolute atomic E-state index is 12.3. The molecule has 3 nitrogen and oxygen atoms in total. The van der Waals surface area contributed by atoms with Gasteiger partial charge >= 0.3 is 6.18 Å². The molecule has 0 radical (unpaired) electrons. The molecule has 1 fully saturated rings. The van der Waals surface area contributed by atoms with Crippen LogP contribution >= 0.6 is 11.5 Å². The molecule has 0 saturated heterocycles. The zero-order valence-corrected chi connectivity index (χ0v) is 11.0. The van der Waals surface area contributed by atoms with E-state index in [-0.39, 0.29) is 10.5 Å². The fourth-order valence-corrected chi connectivity index (χ4v) is 3.04. The van der Waals surface area contributed by atoms with Crippen LogP contribution in [0.25, 0.3) is 0 Å². The number of nitrogens with one attached hydrogen (secondary N) is 1. The van der Waals surface area contributed by atoms with Crippen molar-refractivity contribution in [3.63, 3.8) is 0 Å². The number of rotatable bonds is 4. The van der Waals surface area contributed by atoms with E-state index in [0.717, 1.165) is 30.8 Å². The Morgan fingerprint density at radius 1 is 1.33 bits per heavy atom. The van der Waals surface area contributed by atoms with Gasteiger partial charge in [0.15, 0.2) is 0 Å². The molecule has 0 aromatic carbocycles. The van der Waals surface area contributed by atoms with E-state index in [0.29, 0.717) is 6.54 Å². The van der Waals surface area contributed by atoms with Crippen LogP contribution in [-0.4, -0.2) is 15.9 Å². The number of aromatic nitrogens is 2. The van der Waals surface area contributed by atoms with Crippen molar-refractivity contribution >= 4 is 16.7 Å². The fourth-order valence-electron chi connectivity index (χ4n) is 2.45. The highest BCUT2D eigenvalue weighted by atomic mass is 32.1. The smallest absolute Gasteiger partial charge is 0.360 e. The van der Waals surface area contributed by atoms with E-state index >= 15 is 0 Å². The second-order valence-electron chi connectivity index (χ2n) is 4.84. The number of halogens is 3. The molecule has 0 amide bonds. The van der Waals surface area contributed by atoms with Gasteiger partial charge in [-0.15, -0.1) is 0 Å². The van der Waals surface area contributed by atoms with Crippen LogP contribution in [0.1, 0.15) is 44.9 Å². The van der Waals surface area contributed by atoms with Crippen molar-refractivity contribution in [1.82, 2.24) is 9.36 Å². The van der Waals surface area contributed by atoms with E-state index in [1.807, 2.05) is 0 Å². The van der Waals surface area contributed by atoms with Crippen LogP contribution in [0.2, 0.25) is 0 Å². The monoisotopic (exact) mass is 279 g/mol. The van der Waals surface area contributed by atoms with Crippen molar-refractivity contribution in [3.8, 4) is 0 Å². The average Bonchev–Trinajstić information content (AvgIpc) is 2.96. The zero-order chi connectivity index (χ0) is 13.2. The van der Waals surface area contributed by atoms with Crippen molar-refractivity contribution in [2.45, 2.75) is 45.2 Å². The summed E-state index contributed by atoms with van der Waals surface area (Å²) in [7, 11) is 0. The summed E-state index contributed by atoms with van der Waals surface area (Å²) >= 11 is 0.777. The fraction of sp³-hybridized carbons (Fsp3) is 0.818. The molecule has 0 unspecified atom stereocenters. The van der Waals surface area contributed by atoms with Crippen LogP contribution in [0, 0.1) is 5.41 Å². The molecule has 1 aromatic heterocycles. The third kappa shape index (κ3) is 2.93. The molecule has 102 valence electrons. The minimum atomic E-state index is -4.45. The van der Waals surface area contributed by atoms with Gasteiger partial charge in [0, 0.05) is 18.1 Å². The number of nitrogens with zero attached hydrogens (tertiary/aromatic N) is 2. The molecule has 0 atom stereocenters. The first-order valence-corrected chi connectivity index (χ1v) is 6.87. The average molecular weight is 279 g/mol. The Labute approximate surface area is 108 Å². The SMILES string of the molecule is CCC1(CNc2nc(C(F)(F)F)ns2)CCCC1. The summed E-state index contributed by atoms with van der Waals surface area (Å²) in [6, 6.07) is 0. The predicted octanol–water partition coefficient (Wildman–Crippen LogP) is 3.94. The normalized spacial score (nSPS) is 19.1. The van der Waals surface area contributed by atoms with Gasteiger partial charge in [-0.2, -0.15) is 22.5 Å². The van der Waals surface area contributed by atoms with Crippen molar-refractivity contribution in [2.75, 3.05) is 11.9 Å². The van der Waals surface area contributed by atoms with E-state index in [1.165, 1.54) is 12.8 Å². The summed E-state index contributed by atoms with van der Waals surface area (Å²) in [5, 5.41) is 3.28. The van der Waals surface area contributed by atoms with Crippen molar-refractivity contribution in [2.24, 2.45) is 5.41 Å². The standard InChI is InChI=1S/C11H16F3N3S/c1-2-10(5-3-4-6-10)7-15-9-16-8(17-18-9)11(12,13)14/h2-7H2,1H3,(H,15,16,17). The number of hydrogen-bond acceptors (Lipinski definition) is 4. The van der Waals surface area contributed by atoms with Crippen LogP contribution in [-0.2, 0) is 6.18 Å². The molecule has 18 heavy (non-hydrogen) atoms. The molecule has 1 N–H and O–H groups in total. The largest absolute Gasteiger partial charge is 0.452 e. The summed E-state index contributed by atoms with van der Waals surface area (Å²) in [4.78, 5) is 3.48. The number of alkyl halides is 3. The first kappa shape index (κ1) is 13.6. The van der Waals surface area contributed by atoms with Gasteiger partial charge in [-0.3, -0.25) is 0 Å². The van der Waals surface area contributed by atoms with E-state index in [4.69, 9.17) is 0 Å². The second-order valence-corrected chi connectivity index (χ2v) is 5.59. The van der Waals surface area contributed by atoms with Gasteiger partial charge in [-0.1, -0.05) is 19.8 Å². The van der Waals surface area contributed by atoms with Crippen molar-refractivity contribution in [1.29, 1.82) is 0 Å². The minimum Gasteiger partial charge on any atom is -0.360 e. The lowest BCUT2D eigenvalue weighted by Crippen LogP contribution is -2.25. The molecule has 0 spiro atoms. The summed E-state index contributed by atoms with van der Waals surface area (Å²) < 4.78 is 40.3. The van der Waals surface area contributed by atoms with Crippen LogP contribution in [0.4, 0.5) is 18.3 Å². The van der Waals surface area contributed by atoms with Crippen molar-refractivity contribution in [3.05, 3.63) is 5.82 Å². The summed E-state index contributed by atoms with van der Waals surface area (Å²) in [6.45, 7) is 2.82. The Bertz CT molecular complexity index is 396. The van der Waals surface area contributed by atoms with Gasteiger partial charge in [0.1, 0.15) is 0 Å². The maximum atomic E-state index is 12.3. The predicted molar refractivity (Wildman–Crippen MR) is 64.6 cm³/mol. The highest BCUT2D eigenvalue weighted by molar-refractivity contribution is 7.09. The van der Waals surface area contributed by atoms with E-state index in [2.05, 4.69) is 21.6 Å². The Hall–Kier alpha value is -0.850. The molecule has 1 aliphatic carbocycles. The lowest BCUT2D eigenvalue weighted by Gasteiger charge is -2.27. The molecule has 1 aromatic rings. The highest BCUT2D eigenvalue weighted by Gasteiger charge is 2.36. The number of anilines is 1. The highest BCUT2D eigenvalue weighted by Crippen LogP contribution is 2.41. The van der Waals surface area contributed by atoms with E-state index < -0.39 is 12.0 Å². The second kappa shape index (κ2) is 5.03. The molecule has 1 aliphatic rings. The van der Waals surface area contributed by atoms with E-state index in [9.17, 15) is 13.2 Å². The minimum absolute atomic E-state index is 0.226. The summed E-state index contributed by atoms with van der Waals surface area (Å²) in [5.74, 6) is -1.05. The molecule has 0 bridgehead atoms. The summed E-state index contributed by atoms with van der Waals surface area (Å²) in [5.41, 5.74) is 0.226. The topological polar surface area (TPSA) is 37.8 Å². The third-order valence-corrected chi connectivity index (χ3v) is 4.38. The first-order valence-electron chi connectivity index (χ1n) is 6.10. The van der Waals surface area contributed by atoms with Crippen LogP contribution in [0.15, 0.2) is 0 Å². The Morgan fingerprint density at radius 3 is 2.50 bits per heavy atom. The lowest BCUT2D eigenvalue weighted by atomic mass is 9.83. The molecule has 1 saturated carbocycles. The van der Waals surface area contributed by atoms with Gasteiger partial charge in [0.2, 0.25) is 11.0 Å². The van der Waals surface area contributed by atoms with E-state index in [1.54, 1.807) is 0 Å². The molecule has 0 aliphatic heterocycles. The molecular weight excluding hydrogens is 263 g/mol. The van der Waals surface area contributed by atoms with Gasteiger partial charge in [0.25, 0.3) is 0 Å². The van der Waals surface area contributed by atoms with Crippen LogP contribution in [0.3, 0.4) is 0 Å². The molecule has 7 heteroatoms. The van der Waals surface area contributed by atoms with Gasteiger partial charge in [-0.25, -0.2) is 0 Å². The number of hydrogen-bond donors (Lipinski definition) is 1. The molecule has 2 rings (SSSR count). The van der Waals surface area contributed by atoms with Crippen LogP contribution in [0.5, 0.6) is 0 Å². The van der Waals surface area contributed by atoms with Crippen molar-refractivity contribution < 1.29 is 13.2 Å². The van der Waals surface area contributed by atoms with Crippen LogP contribution < -0.4 is 5.32 Å².